The van der Waals surface area contributed by atoms with Crippen LogP contribution in [-0.4, -0.2) is 35.6 Å². The number of ketones is 1. The molecule has 0 fully saturated rings. The number of benzene rings is 2. The third-order valence-electron chi connectivity index (χ3n) is 6.46. The third kappa shape index (κ3) is 4.93. The van der Waals surface area contributed by atoms with Crippen LogP contribution in [0.5, 0.6) is 11.5 Å². The second kappa shape index (κ2) is 11.1. The van der Waals surface area contributed by atoms with E-state index < -0.39 is 12.0 Å². The molecule has 9 nitrogen and oxygen atoms in total. The molecule has 0 aliphatic carbocycles. The number of rotatable bonds is 8. The Morgan fingerprint density at radius 3 is 2.48 bits per heavy atom. The summed E-state index contributed by atoms with van der Waals surface area (Å²) in [6.45, 7) is 1.76. The average Bonchev–Trinajstić information content (AvgIpc) is 3.56. The van der Waals surface area contributed by atoms with Crippen molar-refractivity contribution in [3.05, 3.63) is 101 Å². The van der Waals surface area contributed by atoms with Crippen LogP contribution in [0.1, 0.15) is 41.1 Å². The molecule has 0 saturated heterocycles. The Morgan fingerprint density at radius 2 is 1.82 bits per heavy atom. The van der Waals surface area contributed by atoms with Crippen LogP contribution in [0.25, 0.3) is 17.4 Å². The number of allylic oxidation sites excluding steroid dienone is 1. The highest BCUT2D eigenvalue weighted by Crippen LogP contribution is 2.40. The van der Waals surface area contributed by atoms with Gasteiger partial charge in [0.25, 0.3) is 5.56 Å². The molecule has 2 aromatic carbocycles. The van der Waals surface area contributed by atoms with E-state index in [-0.39, 0.29) is 23.3 Å². The Morgan fingerprint density at radius 1 is 1.12 bits per heavy atom. The van der Waals surface area contributed by atoms with Crippen molar-refractivity contribution in [2.45, 2.75) is 19.4 Å². The number of carboxylic acids is 1. The quantitative estimate of drug-likeness (QED) is 0.306. The van der Waals surface area contributed by atoms with Crippen LogP contribution in [-0.2, 0) is 4.79 Å². The zero-order valence-corrected chi connectivity index (χ0v) is 24.0. The largest absolute Gasteiger partial charge is 0.493 e. The fourth-order valence-electron chi connectivity index (χ4n) is 4.45. The molecule has 0 spiro atoms. The molecule has 0 bridgehead atoms. The van der Waals surface area contributed by atoms with Gasteiger partial charge in [-0.1, -0.05) is 46.3 Å². The van der Waals surface area contributed by atoms with E-state index in [9.17, 15) is 14.4 Å². The maximum absolute atomic E-state index is 13.8. The minimum Gasteiger partial charge on any atom is -0.493 e. The molecular formula is C29H23BrN2O7S. The normalized spacial score (nSPS) is 14.8. The summed E-state index contributed by atoms with van der Waals surface area (Å²) in [4.78, 5) is 42.8. The van der Waals surface area contributed by atoms with Crippen LogP contribution in [0.3, 0.4) is 0 Å². The van der Waals surface area contributed by atoms with Gasteiger partial charge in [0.15, 0.2) is 22.1 Å². The van der Waals surface area contributed by atoms with E-state index in [0.29, 0.717) is 53.5 Å². The van der Waals surface area contributed by atoms with Gasteiger partial charge in [-0.05, 0) is 42.0 Å². The first-order chi connectivity index (χ1) is 19.2. The number of methoxy groups -OCH3 is 2. The zero-order valence-electron chi connectivity index (χ0n) is 21.6. The fraction of sp³-hybridized carbons (Fsp3) is 0.172. The van der Waals surface area contributed by atoms with Gasteiger partial charge in [-0.3, -0.25) is 14.2 Å². The van der Waals surface area contributed by atoms with Gasteiger partial charge in [-0.25, -0.2) is 9.79 Å². The molecule has 40 heavy (non-hydrogen) atoms. The molecule has 11 heteroatoms. The number of carboxylic acid groups (broad SMARTS) is 1. The molecule has 5 rings (SSSR count). The maximum Gasteiger partial charge on any atom is 0.335 e. The van der Waals surface area contributed by atoms with Gasteiger partial charge in [-0.15, -0.1) is 0 Å². The molecule has 3 heterocycles. The summed E-state index contributed by atoms with van der Waals surface area (Å²) in [5, 5.41) is 9.12. The molecule has 0 amide bonds. The Balaban J connectivity index is 1.61. The van der Waals surface area contributed by atoms with Gasteiger partial charge in [0.1, 0.15) is 11.5 Å². The smallest absolute Gasteiger partial charge is 0.335 e. The Bertz CT molecular complexity index is 1850. The first-order valence-corrected chi connectivity index (χ1v) is 13.8. The van der Waals surface area contributed by atoms with Gasteiger partial charge < -0.3 is 19.0 Å². The fourth-order valence-corrected chi connectivity index (χ4v) is 5.93. The number of carbonyl (C=O) groups excluding carboxylic acids is 1. The summed E-state index contributed by atoms with van der Waals surface area (Å²) in [5.74, 6) is 0.791. The van der Waals surface area contributed by atoms with E-state index in [1.165, 1.54) is 48.5 Å². The van der Waals surface area contributed by atoms with Crippen LogP contribution in [0, 0.1) is 0 Å². The third-order valence-corrected chi connectivity index (χ3v) is 8.14. The van der Waals surface area contributed by atoms with Crippen LogP contribution in [0.15, 0.2) is 79.0 Å². The van der Waals surface area contributed by atoms with Crippen molar-refractivity contribution in [1.29, 1.82) is 0 Å². The van der Waals surface area contributed by atoms with E-state index in [1.54, 1.807) is 49.4 Å². The number of hydrogen-bond acceptors (Lipinski definition) is 8. The molecule has 1 unspecified atom stereocenters. The van der Waals surface area contributed by atoms with Crippen molar-refractivity contribution >= 4 is 45.1 Å². The molecule has 1 aliphatic rings. The van der Waals surface area contributed by atoms with Gasteiger partial charge in [-0.2, -0.15) is 0 Å². The number of furan rings is 1. The predicted molar refractivity (Wildman–Crippen MR) is 153 cm³/mol. The minimum atomic E-state index is -1.01. The maximum atomic E-state index is 13.8. The summed E-state index contributed by atoms with van der Waals surface area (Å²) in [6.07, 6.45) is 3.41. The van der Waals surface area contributed by atoms with E-state index in [1.807, 2.05) is 0 Å². The summed E-state index contributed by atoms with van der Waals surface area (Å²) < 4.78 is 19.4. The van der Waals surface area contributed by atoms with Crippen LogP contribution in [0.2, 0.25) is 0 Å². The summed E-state index contributed by atoms with van der Waals surface area (Å²) in [7, 11) is 3.05. The number of halogens is 1. The molecular weight excluding hydrogens is 600 g/mol. The summed E-state index contributed by atoms with van der Waals surface area (Å²) in [5.41, 5.74) is 1.59. The lowest BCUT2D eigenvalue weighted by Gasteiger charge is -2.24. The Hall–Kier alpha value is -4.22. The molecule has 204 valence electrons. The second-order valence-corrected chi connectivity index (χ2v) is 10.6. The predicted octanol–water partition coefficient (Wildman–Crippen LogP) is 4.56. The number of ether oxygens (including phenoxy) is 2. The van der Waals surface area contributed by atoms with E-state index in [4.69, 9.17) is 19.0 Å². The highest BCUT2D eigenvalue weighted by atomic mass is 79.9. The topological polar surface area (TPSA) is 120 Å². The molecule has 1 atom stereocenters. The van der Waals surface area contributed by atoms with Crippen molar-refractivity contribution in [1.82, 2.24) is 4.57 Å². The first kappa shape index (κ1) is 27.4. The number of hydrogen-bond donors (Lipinski definition) is 1. The highest BCUT2D eigenvalue weighted by molar-refractivity contribution is 9.10. The number of thiazole rings is 1. The number of Topliss-reactive ketones (excluding diaryl/α,β-unsaturated/α-hetero) is 1. The second-order valence-electron chi connectivity index (χ2n) is 8.77. The number of fused-ring (bicyclic) bond motifs is 1. The molecule has 0 saturated carbocycles. The van der Waals surface area contributed by atoms with Crippen molar-refractivity contribution in [3.63, 3.8) is 0 Å². The van der Waals surface area contributed by atoms with Crippen LogP contribution in [0.4, 0.5) is 0 Å². The Kier molecular flexibility index (Phi) is 7.59. The Labute approximate surface area is 240 Å². The average molecular weight is 623 g/mol. The minimum absolute atomic E-state index is 0.130. The molecule has 1 N–H and O–H groups in total. The van der Waals surface area contributed by atoms with Gasteiger partial charge in [0.05, 0.1) is 30.4 Å². The molecule has 4 aromatic rings. The van der Waals surface area contributed by atoms with Crippen molar-refractivity contribution < 1.29 is 28.6 Å². The first-order valence-electron chi connectivity index (χ1n) is 12.1. The molecule has 0 radical (unpaired) electrons. The SMILES string of the molecule is CCC(=O)C1=CN=c2s/c(=C\c3ccc(-c4ccc(C(=O)O)cc4)o3)c(=O)n2C1c1cc(OC)c(OC)cc1Br. The number of aromatic nitrogens is 1. The van der Waals surface area contributed by atoms with E-state index >= 15 is 0 Å². The van der Waals surface area contributed by atoms with Crippen LogP contribution < -0.4 is 24.4 Å². The molecule has 1 aliphatic heterocycles. The van der Waals surface area contributed by atoms with Gasteiger partial charge in [0.2, 0.25) is 0 Å². The van der Waals surface area contributed by atoms with Crippen molar-refractivity contribution in [2.24, 2.45) is 4.99 Å². The lowest BCUT2D eigenvalue weighted by atomic mass is 9.94. The van der Waals surface area contributed by atoms with Gasteiger partial charge >= 0.3 is 5.97 Å². The number of aromatic carboxylic acids is 1. The van der Waals surface area contributed by atoms with E-state index in [2.05, 4.69) is 20.9 Å². The highest BCUT2D eigenvalue weighted by Gasteiger charge is 2.31. The lowest BCUT2D eigenvalue weighted by Crippen LogP contribution is -2.38. The molecule has 2 aromatic heterocycles. The van der Waals surface area contributed by atoms with Gasteiger partial charge in [0, 0.05) is 34.3 Å². The van der Waals surface area contributed by atoms with E-state index in [0.717, 1.165) is 0 Å². The summed E-state index contributed by atoms with van der Waals surface area (Å²) >= 11 is 4.77. The zero-order chi connectivity index (χ0) is 28.6. The van der Waals surface area contributed by atoms with Crippen molar-refractivity contribution in [2.75, 3.05) is 14.2 Å². The monoisotopic (exact) mass is 622 g/mol. The van der Waals surface area contributed by atoms with Crippen LogP contribution >= 0.6 is 27.3 Å². The lowest BCUT2D eigenvalue weighted by molar-refractivity contribution is -0.115. The number of carbonyl (C=O) groups is 2. The van der Waals surface area contributed by atoms with Crippen molar-refractivity contribution in [3.8, 4) is 22.8 Å². The standard InChI is InChI=1S/C29H23BrN2O7S/c1-4-21(33)19-14-31-29-32(26(19)18-12-23(37-2)24(38-3)13-20(18)30)27(34)25(40-29)11-17-9-10-22(39-17)15-5-7-16(8-6-15)28(35)36/h5-14,26H,4H2,1-3H3,(H,35,36)/b25-11-. The summed E-state index contributed by atoms with van der Waals surface area (Å²) in [6, 6.07) is 12.6. The number of nitrogens with zero attached hydrogens (tertiary/aromatic N) is 2.